The van der Waals surface area contributed by atoms with E-state index in [1.165, 1.54) is 23.3 Å². The number of alkyl halides is 2. The second-order valence-corrected chi connectivity index (χ2v) is 22.0. The Bertz CT molecular complexity index is 2930. The number of nitrogens with zero attached hydrogens (tertiary/aromatic N) is 4. The van der Waals surface area contributed by atoms with Gasteiger partial charge in [0, 0.05) is 61.1 Å². The highest BCUT2D eigenvalue weighted by Gasteiger charge is 2.50. The average Bonchev–Trinajstić information content (AvgIpc) is 3.79. The van der Waals surface area contributed by atoms with E-state index in [2.05, 4.69) is 57.9 Å². The highest BCUT2D eigenvalue weighted by molar-refractivity contribution is 7.90. The second-order valence-electron chi connectivity index (χ2n) is 20.3. The van der Waals surface area contributed by atoms with Crippen molar-refractivity contribution in [2.75, 3.05) is 44.4 Å². The fourth-order valence-electron chi connectivity index (χ4n) is 11.3. The van der Waals surface area contributed by atoms with E-state index in [-0.39, 0.29) is 58.2 Å². The number of morpholine rings is 1. The van der Waals surface area contributed by atoms with Crippen molar-refractivity contribution in [3.63, 3.8) is 0 Å². The Morgan fingerprint density at radius 1 is 1.00 bits per heavy atom. The number of amides is 1. The lowest BCUT2D eigenvalue weighted by atomic mass is 9.59. The van der Waals surface area contributed by atoms with Crippen LogP contribution in [0, 0.1) is 21.4 Å². The lowest BCUT2D eigenvalue weighted by molar-refractivity contribution is -0.386. The summed E-state index contributed by atoms with van der Waals surface area (Å²) in [6, 6.07) is 18.8. The van der Waals surface area contributed by atoms with Crippen LogP contribution in [0.1, 0.15) is 106 Å². The molecule has 3 aromatic carbocycles. The van der Waals surface area contributed by atoms with Crippen molar-refractivity contribution >= 4 is 38.3 Å². The number of nitro benzene ring substituents is 1. The zero-order valence-electron chi connectivity index (χ0n) is 39.8. The number of piperidine rings is 1. The number of carbonyl (C=O) groups excluding carboxylic acids is 1. The van der Waals surface area contributed by atoms with Gasteiger partial charge in [0.1, 0.15) is 24.1 Å². The molecule has 1 amide bonds. The van der Waals surface area contributed by atoms with Gasteiger partial charge in [-0.25, -0.2) is 13.1 Å². The lowest BCUT2D eigenvalue weighted by Gasteiger charge is -2.57. The van der Waals surface area contributed by atoms with Crippen LogP contribution >= 0.6 is 0 Å². The Labute approximate surface area is 410 Å². The van der Waals surface area contributed by atoms with Gasteiger partial charge in [0.05, 0.1) is 40.2 Å². The molecule has 1 spiro atoms. The molecule has 2 saturated heterocycles. The van der Waals surface area contributed by atoms with E-state index in [1.807, 2.05) is 4.72 Å². The molecule has 378 valence electrons. The zero-order valence-corrected chi connectivity index (χ0v) is 40.6. The predicted octanol–water partition coefficient (Wildman–Crippen LogP) is 9.01. The highest BCUT2D eigenvalue weighted by atomic mass is 32.2. The lowest BCUT2D eigenvalue weighted by Crippen LogP contribution is -2.58. The van der Waals surface area contributed by atoms with Crippen molar-refractivity contribution in [2.24, 2.45) is 11.3 Å². The summed E-state index contributed by atoms with van der Waals surface area (Å²) >= 11 is 0. The predicted molar refractivity (Wildman–Crippen MR) is 257 cm³/mol. The number of aliphatic hydroxyl groups is 1. The molecule has 10 rings (SSSR count). The van der Waals surface area contributed by atoms with E-state index >= 15 is 0 Å². The number of benzene rings is 3. The summed E-state index contributed by atoms with van der Waals surface area (Å²) in [6.07, 6.45) is 7.18. The normalized spacial score (nSPS) is 23.7. The van der Waals surface area contributed by atoms with Crippen molar-refractivity contribution in [2.45, 2.75) is 113 Å². The first-order valence-corrected chi connectivity index (χ1v) is 25.8. The molecule has 0 unspecified atom stereocenters. The number of halogens is 2. The quantitative estimate of drug-likeness (QED) is 0.0743. The Balaban J connectivity index is 0.889. The molecule has 5 aliphatic rings. The third-order valence-electron chi connectivity index (χ3n) is 15.3. The van der Waals surface area contributed by atoms with Crippen molar-refractivity contribution < 1.29 is 55.7 Å². The van der Waals surface area contributed by atoms with Gasteiger partial charge in [-0.3, -0.25) is 19.8 Å². The molecule has 5 aromatic rings. The smallest absolute Gasteiger partial charge is 0.388 e. The maximum Gasteiger partial charge on any atom is 0.388 e. The molecule has 5 heterocycles. The number of fused-ring (bicyclic) bond motifs is 2. The molecule has 2 saturated carbocycles. The third-order valence-corrected chi connectivity index (χ3v) is 16.6. The minimum atomic E-state index is -4.84. The maximum atomic E-state index is 14.2. The highest BCUT2D eigenvalue weighted by Crippen LogP contribution is 2.54. The van der Waals surface area contributed by atoms with E-state index in [0.717, 1.165) is 44.4 Å². The summed E-state index contributed by atoms with van der Waals surface area (Å²) in [7, 11) is -4.84. The van der Waals surface area contributed by atoms with Crippen molar-refractivity contribution in [1.29, 1.82) is 0 Å². The minimum absolute atomic E-state index is 0.0120. The largest absolute Gasteiger partial charge is 0.485 e. The fourth-order valence-corrected chi connectivity index (χ4v) is 12.3. The number of pyridine rings is 1. The number of nitro groups is 1. The molecular formula is C51H58F2N6O11S. The molecule has 0 radical (unpaired) electrons. The monoisotopic (exact) mass is 1000 g/mol. The number of anilines is 1. The topological polar surface area (TPSA) is 208 Å². The first-order valence-electron chi connectivity index (χ1n) is 24.3. The minimum Gasteiger partial charge on any atom is -0.485 e. The van der Waals surface area contributed by atoms with Gasteiger partial charge in [-0.05, 0) is 111 Å². The summed E-state index contributed by atoms with van der Waals surface area (Å²) in [5.74, 6) is -2.26. The first kappa shape index (κ1) is 48.5. The maximum absolute atomic E-state index is 14.2. The van der Waals surface area contributed by atoms with E-state index < -0.39 is 55.6 Å². The number of rotatable bonds is 13. The molecule has 2 atom stereocenters. The average molecular weight is 1000 g/mol. The Morgan fingerprint density at radius 2 is 1.76 bits per heavy atom. The molecule has 4 fully saturated rings. The molecule has 20 heteroatoms. The summed E-state index contributed by atoms with van der Waals surface area (Å²) in [4.78, 5) is 37.0. The summed E-state index contributed by atoms with van der Waals surface area (Å²) in [5, 5.41) is 23.3. The van der Waals surface area contributed by atoms with Crippen LogP contribution in [0.25, 0.3) is 11.0 Å². The number of H-pyrrole nitrogens is 1. The number of hydrogen-bond acceptors (Lipinski definition) is 14. The molecule has 2 aromatic heterocycles. The van der Waals surface area contributed by atoms with Gasteiger partial charge >= 0.3 is 12.3 Å². The van der Waals surface area contributed by atoms with Crippen LogP contribution in [0.5, 0.6) is 28.9 Å². The molecule has 17 nitrogen and oxygen atoms in total. The molecule has 3 aliphatic heterocycles. The van der Waals surface area contributed by atoms with Crippen LogP contribution in [0.2, 0.25) is 0 Å². The van der Waals surface area contributed by atoms with E-state index in [1.54, 1.807) is 31.3 Å². The number of nitrogens with one attached hydrogen (secondary N) is 2. The third kappa shape index (κ3) is 9.95. The molecule has 71 heavy (non-hydrogen) atoms. The van der Waals surface area contributed by atoms with Crippen LogP contribution in [0.4, 0.5) is 20.2 Å². The Morgan fingerprint density at radius 3 is 2.49 bits per heavy atom. The van der Waals surface area contributed by atoms with Gasteiger partial charge < -0.3 is 38.7 Å². The van der Waals surface area contributed by atoms with Crippen molar-refractivity contribution in [1.82, 2.24) is 19.6 Å². The van der Waals surface area contributed by atoms with Gasteiger partial charge in [0.15, 0.2) is 11.5 Å². The van der Waals surface area contributed by atoms with Crippen LogP contribution in [0.15, 0.2) is 77.8 Å². The van der Waals surface area contributed by atoms with Crippen LogP contribution in [-0.2, 0) is 14.8 Å². The van der Waals surface area contributed by atoms with Gasteiger partial charge in [0.25, 0.3) is 21.8 Å². The van der Waals surface area contributed by atoms with Crippen LogP contribution in [-0.4, -0.2) is 103 Å². The Kier molecular flexibility index (Phi) is 13.1. The standard InChI is InChI=1S/C51H58F2N6O11S/c1-30(2)36-6-4-5-7-37(36)40-28-66-21-20-58(40)34-26-51(27-34)15-18-57(19-16-51)33-8-9-38(41(23-33)68-43-22-32-12-17-54-46(32)55-48(43)70-49(52)53)47(60)56-71(64,65)35-24-39(59(62)63)45-42(25-35)67-29-44(69-45)31-10-13-50(3,61)14-11-31/h4-9,12,17,22-25,30-31,34,40,44,49,61H,10-11,13-16,18-21,26-29H2,1-3H3,(H,54,55)(H,56,60)/t31?,40-,44-,50?/m0/s1. The number of aromatic nitrogens is 2. The number of aromatic amines is 1. The van der Waals surface area contributed by atoms with E-state index in [9.17, 15) is 37.2 Å². The molecule has 3 N–H and O–H groups in total. The summed E-state index contributed by atoms with van der Waals surface area (Å²) in [5.41, 5.74) is 1.94. The SMILES string of the molecule is CC(C)c1ccccc1[C@@H]1COCCN1C1CC2(CCN(c3ccc(C(=O)NS(=O)(=O)c4cc5c(c([N+](=O)[O-])c4)O[C@H](C4CCC(C)(O)CC4)CO5)c(Oc4cc5cc[nH]c5nc4OC(F)F)c3)CC2)C1. The number of sulfonamides is 1. The molecular weight excluding hydrogens is 943 g/mol. The van der Waals surface area contributed by atoms with Gasteiger partial charge in [-0.15, -0.1) is 0 Å². The Hall–Kier alpha value is -6.09. The van der Waals surface area contributed by atoms with Crippen molar-refractivity contribution in [3.05, 3.63) is 99.7 Å². The summed E-state index contributed by atoms with van der Waals surface area (Å²) < 4.78 is 86.6. The number of carbonyl (C=O) groups is 1. The number of ether oxygens (including phenoxy) is 5. The number of hydrogen-bond donors (Lipinski definition) is 3. The van der Waals surface area contributed by atoms with E-state index in [0.29, 0.717) is 75.0 Å². The fraction of sp³-hybridized carbons (Fsp3) is 0.490. The molecule has 0 bridgehead atoms. The van der Waals surface area contributed by atoms with Gasteiger partial charge in [0.2, 0.25) is 5.75 Å². The van der Waals surface area contributed by atoms with Gasteiger partial charge in [-0.1, -0.05) is 38.1 Å². The summed E-state index contributed by atoms with van der Waals surface area (Å²) in [6.45, 7) is 6.50. The van der Waals surface area contributed by atoms with Crippen molar-refractivity contribution in [3.8, 4) is 28.9 Å². The van der Waals surface area contributed by atoms with E-state index in [4.69, 9.17) is 23.7 Å². The molecule has 2 aliphatic carbocycles. The first-order chi connectivity index (χ1) is 33.9. The van der Waals surface area contributed by atoms with Crippen LogP contribution in [0.3, 0.4) is 0 Å². The van der Waals surface area contributed by atoms with Gasteiger partial charge in [-0.2, -0.15) is 13.8 Å². The second kappa shape index (κ2) is 19.2. The zero-order chi connectivity index (χ0) is 49.8. The van der Waals surface area contributed by atoms with Crippen LogP contribution < -0.4 is 28.6 Å².